The van der Waals surface area contributed by atoms with Gasteiger partial charge < -0.3 is 15.5 Å². The van der Waals surface area contributed by atoms with Crippen LogP contribution in [0.5, 0.6) is 0 Å². The molecule has 0 spiro atoms. The van der Waals surface area contributed by atoms with Gasteiger partial charge in [0.1, 0.15) is 0 Å². The van der Waals surface area contributed by atoms with Crippen LogP contribution in [-0.2, 0) is 17.8 Å². The Bertz CT molecular complexity index is 773. The van der Waals surface area contributed by atoms with Crippen LogP contribution in [0.25, 0.3) is 0 Å². The summed E-state index contributed by atoms with van der Waals surface area (Å²) in [6.45, 7) is 5.67. The number of pyridine rings is 1. The molecule has 1 heterocycles. The second-order valence-electron chi connectivity index (χ2n) is 6.60. The van der Waals surface area contributed by atoms with Crippen molar-refractivity contribution in [1.29, 1.82) is 0 Å². The number of aryl methyl sites for hydroxylation is 2. The second kappa shape index (κ2) is 10.3. The lowest BCUT2D eigenvalue weighted by Crippen LogP contribution is -2.43. The molecule has 0 aliphatic heterocycles. The van der Waals surface area contributed by atoms with Crippen molar-refractivity contribution in [2.24, 2.45) is 4.99 Å². The van der Waals surface area contributed by atoms with Gasteiger partial charge in [0.15, 0.2) is 5.96 Å². The zero-order valence-electron chi connectivity index (χ0n) is 16.6. The number of aromatic nitrogens is 1. The molecule has 2 N–H and O–H groups in total. The number of nitrogens with one attached hydrogen (secondary N) is 2. The molecule has 0 aliphatic rings. The number of hydrogen-bond donors (Lipinski definition) is 2. The Labute approximate surface area is 161 Å². The summed E-state index contributed by atoms with van der Waals surface area (Å²) < 4.78 is 0. The van der Waals surface area contributed by atoms with Gasteiger partial charge in [0.25, 0.3) is 0 Å². The van der Waals surface area contributed by atoms with Crippen molar-refractivity contribution in [1.82, 2.24) is 20.5 Å². The topological polar surface area (TPSA) is 69.6 Å². The average Bonchev–Trinajstić information content (AvgIpc) is 2.68. The summed E-state index contributed by atoms with van der Waals surface area (Å²) >= 11 is 0. The van der Waals surface area contributed by atoms with Crippen LogP contribution in [0.1, 0.15) is 22.4 Å². The van der Waals surface area contributed by atoms with Gasteiger partial charge in [-0.2, -0.15) is 0 Å². The molecule has 144 valence electrons. The lowest BCUT2D eigenvalue weighted by molar-refractivity contribution is -0.128. The molecule has 2 rings (SSSR count). The van der Waals surface area contributed by atoms with Crippen LogP contribution in [0.4, 0.5) is 0 Å². The number of carbonyl (C=O) groups excluding carboxylic acids is 1. The lowest BCUT2D eigenvalue weighted by atomic mass is 10.1. The molecular weight excluding hydrogens is 338 g/mol. The highest BCUT2D eigenvalue weighted by molar-refractivity contribution is 5.86. The molecule has 0 saturated heterocycles. The zero-order valence-corrected chi connectivity index (χ0v) is 16.6. The van der Waals surface area contributed by atoms with Crippen LogP contribution >= 0.6 is 0 Å². The standard InChI is InChI=1S/C21H29N5O/c1-16-8-9-18(17(2)13-16)14-24-21(22-3)25-15-20(27)26(4)12-10-19-7-5-6-11-23-19/h5-9,11,13H,10,12,14-15H2,1-4H3,(H2,22,24,25). The van der Waals surface area contributed by atoms with Gasteiger partial charge in [-0.1, -0.05) is 29.8 Å². The summed E-state index contributed by atoms with van der Waals surface area (Å²) in [7, 11) is 3.51. The molecule has 1 amide bonds. The molecule has 0 saturated carbocycles. The van der Waals surface area contributed by atoms with Crippen LogP contribution in [0, 0.1) is 13.8 Å². The third kappa shape index (κ3) is 6.73. The van der Waals surface area contributed by atoms with E-state index in [4.69, 9.17) is 0 Å². The van der Waals surface area contributed by atoms with Crippen molar-refractivity contribution in [2.45, 2.75) is 26.8 Å². The van der Waals surface area contributed by atoms with Crippen molar-refractivity contribution < 1.29 is 4.79 Å². The summed E-state index contributed by atoms with van der Waals surface area (Å²) in [5, 5.41) is 6.34. The molecule has 6 nitrogen and oxygen atoms in total. The van der Waals surface area contributed by atoms with E-state index >= 15 is 0 Å². The average molecular weight is 367 g/mol. The molecule has 2 aromatic rings. The van der Waals surface area contributed by atoms with E-state index in [9.17, 15) is 4.79 Å². The quantitative estimate of drug-likeness (QED) is 0.581. The highest BCUT2D eigenvalue weighted by atomic mass is 16.2. The molecule has 1 aromatic heterocycles. The van der Waals surface area contributed by atoms with Gasteiger partial charge in [0.05, 0.1) is 6.54 Å². The maximum absolute atomic E-state index is 12.3. The fourth-order valence-electron chi connectivity index (χ4n) is 2.69. The maximum atomic E-state index is 12.3. The van der Waals surface area contributed by atoms with E-state index in [2.05, 4.69) is 52.7 Å². The molecule has 0 aliphatic carbocycles. The van der Waals surface area contributed by atoms with E-state index in [-0.39, 0.29) is 12.5 Å². The minimum Gasteiger partial charge on any atom is -0.352 e. The molecular formula is C21H29N5O. The van der Waals surface area contributed by atoms with Gasteiger partial charge in [0.2, 0.25) is 5.91 Å². The van der Waals surface area contributed by atoms with E-state index in [0.29, 0.717) is 19.0 Å². The Morgan fingerprint density at radius 1 is 1.19 bits per heavy atom. The minimum atomic E-state index is 0.0143. The van der Waals surface area contributed by atoms with E-state index in [1.54, 1.807) is 25.2 Å². The van der Waals surface area contributed by atoms with Gasteiger partial charge in [-0.15, -0.1) is 0 Å². The maximum Gasteiger partial charge on any atom is 0.241 e. The van der Waals surface area contributed by atoms with Crippen molar-refractivity contribution in [2.75, 3.05) is 27.2 Å². The Morgan fingerprint density at radius 3 is 2.67 bits per heavy atom. The first-order valence-corrected chi connectivity index (χ1v) is 9.14. The smallest absolute Gasteiger partial charge is 0.241 e. The van der Waals surface area contributed by atoms with Crippen LogP contribution < -0.4 is 10.6 Å². The van der Waals surface area contributed by atoms with Gasteiger partial charge in [-0.25, -0.2) is 0 Å². The van der Waals surface area contributed by atoms with Crippen LogP contribution in [0.2, 0.25) is 0 Å². The third-order valence-corrected chi connectivity index (χ3v) is 4.43. The Kier molecular flexibility index (Phi) is 7.79. The van der Waals surface area contributed by atoms with E-state index in [0.717, 1.165) is 12.1 Å². The molecule has 0 radical (unpaired) electrons. The predicted molar refractivity (Wildman–Crippen MR) is 110 cm³/mol. The molecule has 27 heavy (non-hydrogen) atoms. The van der Waals surface area contributed by atoms with E-state index < -0.39 is 0 Å². The number of aliphatic imine (C=N–C) groups is 1. The normalized spacial score (nSPS) is 11.2. The molecule has 6 heteroatoms. The van der Waals surface area contributed by atoms with Crippen LogP contribution in [0.15, 0.2) is 47.6 Å². The van der Waals surface area contributed by atoms with Crippen molar-refractivity contribution in [3.8, 4) is 0 Å². The first kappa shape index (κ1) is 20.4. The third-order valence-electron chi connectivity index (χ3n) is 4.43. The molecule has 1 aromatic carbocycles. The fraction of sp³-hybridized carbons (Fsp3) is 0.381. The van der Waals surface area contributed by atoms with Gasteiger partial charge in [-0.3, -0.25) is 14.8 Å². The molecule has 0 bridgehead atoms. The van der Waals surface area contributed by atoms with E-state index in [1.165, 1.54) is 16.7 Å². The summed E-state index contributed by atoms with van der Waals surface area (Å²) in [4.78, 5) is 22.5. The first-order chi connectivity index (χ1) is 13.0. The number of guanidine groups is 1. The Balaban J connectivity index is 1.76. The first-order valence-electron chi connectivity index (χ1n) is 9.14. The van der Waals surface area contributed by atoms with Gasteiger partial charge >= 0.3 is 0 Å². The summed E-state index contributed by atoms with van der Waals surface area (Å²) in [6.07, 6.45) is 2.51. The molecule has 0 unspecified atom stereocenters. The number of rotatable bonds is 7. The number of benzene rings is 1. The Morgan fingerprint density at radius 2 is 2.00 bits per heavy atom. The largest absolute Gasteiger partial charge is 0.352 e. The SMILES string of the molecule is CN=C(NCC(=O)N(C)CCc1ccccn1)NCc1ccc(C)cc1C. The van der Waals surface area contributed by atoms with Crippen molar-refractivity contribution in [3.05, 3.63) is 65.0 Å². The summed E-state index contributed by atoms with van der Waals surface area (Å²) in [5.74, 6) is 0.627. The van der Waals surface area contributed by atoms with Gasteiger partial charge in [-0.05, 0) is 37.1 Å². The molecule has 0 fully saturated rings. The minimum absolute atomic E-state index is 0.0143. The van der Waals surface area contributed by atoms with E-state index in [1.807, 2.05) is 18.2 Å². The van der Waals surface area contributed by atoms with Crippen LogP contribution in [0.3, 0.4) is 0 Å². The number of likely N-dealkylation sites (N-methyl/N-ethyl adjacent to an activating group) is 1. The number of nitrogens with zero attached hydrogens (tertiary/aromatic N) is 3. The molecule has 0 atom stereocenters. The Hall–Kier alpha value is -2.89. The fourth-order valence-corrected chi connectivity index (χ4v) is 2.69. The second-order valence-corrected chi connectivity index (χ2v) is 6.60. The monoisotopic (exact) mass is 367 g/mol. The summed E-state index contributed by atoms with van der Waals surface area (Å²) in [5.41, 5.74) is 4.68. The highest BCUT2D eigenvalue weighted by Crippen LogP contribution is 2.09. The van der Waals surface area contributed by atoms with Gasteiger partial charge in [0, 0.05) is 45.5 Å². The predicted octanol–water partition coefficient (Wildman–Crippen LogP) is 2.06. The lowest BCUT2D eigenvalue weighted by Gasteiger charge is -2.18. The number of hydrogen-bond acceptors (Lipinski definition) is 3. The summed E-state index contributed by atoms with van der Waals surface area (Å²) in [6, 6.07) is 12.2. The van der Waals surface area contributed by atoms with Crippen molar-refractivity contribution in [3.63, 3.8) is 0 Å². The zero-order chi connectivity index (χ0) is 19.6. The number of amides is 1. The number of carbonyl (C=O) groups is 1. The van der Waals surface area contributed by atoms with Crippen molar-refractivity contribution >= 4 is 11.9 Å². The van der Waals surface area contributed by atoms with Crippen LogP contribution in [-0.4, -0.2) is 48.9 Å². The highest BCUT2D eigenvalue weighted by Gasteiger charge is 2.10.